The van der Waals surface area contributed by atoms with Gasteiger partial charge in [0.05, 0.1) is 0 Å². The Balaban J connectivity index is 2.24. The van der Waals surface area contributed by atoms with Gasteiger partial charge in [0.25, 0.3) is 0 Å². The summed E-state index contributed by atoms with van der Waals surface area (Å²) in [6.45, 7) is 8.19. The normalized spacial score (nSPS) is 13.2. The zero-order valence-electron chi connectivity index (χ0n) is 12.3. The summed E-state index contributed by atoms with van der Waals surface area (Å²) >= 11 is 0. The van der Waals surface area contributed by atoms with Crippen LogP contribution in [0, 0.1) is 13.8 Å². The van der Waals surface area contributed by atoms with Gasteiger partial charge in [-0.05, 0) is 40.8 Å². The number of rotatable bonds is 5. The molecule has 0 amide bonds. The second-order valence-corrected chi connectivity index (χ2v) is 5.13. The molecule has 0 aliphatic rings. The molecule has 0 radical (unpaired) electrons. The molecule has 19 heavy (non-hydrogen) atoms. The fourth-order valence-electron chi connectivity index (χ4n) is 2.40. The Kier molecular flexibility index (Phi) is 4.04. The quantitative estimate of drug-likeness (QED) is 0.899. The SMILES string of the molecule is CNC(Cc1ncnn1C(C)C)c1cc(C)oc1C. The van der Waals surface area contributed by atoms with Gasteiger partial charge in [0.1, 0.15) is 23.7 Å². The summed E-state index contributed by atoms with van der Waals surface area (Å²) < 4.78 is 7.58. The van der Waals surface area contributed by atoms with Crippen molar-refractivity contribution >= 4 is 0 Å². The van der Waals surface area contributed by atoms with Crippen LogP contribution in [0.2, 0.25) is 0 Å². The number of likely N-dealkylation sites (N-methyl/N-ethyl adjacent to an activating group) is 1. The Labute approximate surface area is 114 Å². The summed E-state index contributed by atoms with van der Waals surface area (Å²) in [4.78, 5) is 4.37. The summed E-state index contributed by atoms with van der Waals surface area (Å²) in [5.74, 6) is 2.90. The van der Waals surface area contributed by atoms with E-state index in [4.69, 9.17) is 4.42 Å². The van der Waals surface area contributed by atoms with Crippen LogP contribution < -0.4 is 5.32 Å². The van der Waals surface area contributed by atoms with Crippen molar-refractivity contribution in [3.63, 3.8) is 0 Å². The molecule has 0 bridgehead atoms. The largest absolute Gasteiger partial charge is 0.466 e. The monoisotopic (exact) mass is 262 g/mol. The molecule has 104 valence electrons. The zero-order chi connectivity index (χ0) is 14.0. The lowest BCUT2D eigenvalue weighted by Crippen LogP contribution is -2.22. The highest BCUT2D eigenvalue weighted by Crippen LogP contribution is 2.24. The molecular weight excluding hydrogens is 240 g/mol. The third-order valence-corrected chi connectivity index (χ3v) is 3.33. The van der Waals surface area contributed by atoms with Gasteiger partial charge in [-0.3, -0.25) is 0 Å². The summed E-state index contributed by atoms with van der Waals surface area (Å²) in [6, 6.07) is 2.60. The molecule has 0 saturated carbocycles. The Morgan fingerprint density at radius 2 is 2.11 bits per heavy atom. The van der Waals surface area contributed by atoms with E-state index in [1.54, 1.807) is 6.33 Å². The van der Waals surface area contributed by atoms with Crippen LogP contribution in [0.3, 0.4) is 0 Å². The van der Waals surface area contributed by atoms with Crippen LogP contribution in [0.15, 0.2) is 16.8 Å². The number of hydrogen-bond donors (Lipinski definition) is 1. The van der Waals surface area contributed by atoms with Crippen LogP contribution in [0.5, 0.6) is 0 Å². The minimum Gasteiger partial charge on any atom is -0.466 e. The van der Waals surface area contributed by atoms with E-state index in [2.05, 4.69) is 35.3 Å². The first-order chi connectivity index (χ1) is 9.02. The van der Waals surface area contributed by atoms with Gasteiger partial charge in [-0.25, -0.2) is 9.67 Å². The summed E-state index contributed by atoms with van der Waals surface area (Å²) in [6.07, 6.45) is 2.42. The van der Waals surface area contributed by atoms with Crippen LogP contribution >= 0.6 is 0 Å². The Morgan fingerprint density at radius 3 is 2.63 bits per heavy atom. The Bertz CT molecular complexity index is 541. The van der Waals surface area contributed by atoms with Crippen molar-refractivity contribution in [2.24, 2.45) is 0 Å². The molecule has 2 aromatic rings. The van der Waals surface area contributed by atoms with E-state index in [1.807, 2.05) is 25.6 Å². The van der Waals surface area contributed by atoms with E-state index in [-0.39, 0.29) is 6.04 Å². The molecule has 0 aliphatic heterocycles. The Hall–Kier alpha value is -1.62. The molecule has 5 heteroatoms. The van der Waals surface area contributed by atoms with Crippen molar-refractivity contribution in [2.45, 2.75) is 46.2 Å². The van der Waals surface area contributed by atoms with Crippen LogP contribution in [0.4, 0.5) is 0 Å². The lowest BCUT2D eigenvalue weighted by atomic mass is 10.0. The van der Waals surface area contributed by atoms with Crippen molar-refractivity contribution in [1.29, 1.82) is 0 Å². The van der Waals surface area contributed by atoms with Crippen LogP contribution in [-0.2, 0) is 6.42 Å². The third kappa shape index (κ3) is 2.87. The lowest BCUT2D eigenvalue weighted by molar-refractivity contribution is 0.466. The second-order valence-electron chi connectivity index (χ2n) is 5.13. The van der Waals surface area contributed by atoms with Crippen molar-refractivity contribution < 1.29 is 4.42 Å². The maximum atomic E-state index is 5.61. The molecule has 2 aromatic heterocycles. The lowest BCUT2D eigenvalue weighted by Gasteiger charge is -2.17. The van der Waals surface area contributed by atoms with Crippen LogP contribution in [0.25, 0.3) is 0 Å². The number of furan rings is 1. The van der Waals surface area contributed by atoms with Crippen LogP contribution in [0.1, 0.15) is 48.8 Å². The Morgan fingerprint density at radius 1 is 1.37 bits per heavy atom. The molecule has 1 N–H and O–H groups in total. The number of nitrogens with zero attached hydrogens (tertiary/aromatic N) is 3. The molecule has 0 saturated heterocycles. The van der Waals surface area contributed by atoms with Gasteiger partial charge in [0.15, 0.2) is 0 Å². The number of aromatic nitrogens is 3. The van der Waals surface area contributed by atoms with Gasteiger partial charge < -0.3 is 9.73 Å². The number of aryl methyl sites for hydroxylation is 2. The molecule has 1 unspecified atom stereocenters. The molecule has 5 nitrogen and oxygen atoms in total. The average Bonchev–Trinajstić information content (AvgIpc) is 2.92. The molecule has 0 aliphatic carbocycles. The van der Waals surface area contributed by atoms with E-state index >= 15 is 0 Å². The molecule has 0 spiro atoms. The summed E-state index contributed by atoms with van der Waals surface area (Å²) in [5, 5.41) is 7.61. The highest BCUT2D eigenvalue weighted by molar-refractivity contribution is 5.25. The molecular formula is C14H22N4O. The highest BCUT2D eigenvalue weighted by Gasteiger charge is 2.19. The number of hydrogen-bond acceptors (Lipinski definition) is 4. The molecule has 2 heterocycles. The smallest absolute Gasteiger partial charge is 0.138 e. The minimum absolute atomic E-state index is 0.194. The summed E-state index contributed by atoms with van der Waals surface area (Å²) in [5.41, 5.74) is 1.19. The number of nitrogens with one attached hydrogen (secondary N) is 1. The molecule has 0 fully saturated rings. The van der Waals surface area contributed by atoms with E-state index in [9.17, 15) is 0 Å². The van der Waals surface area contributed by atoms with E-state index in [0.717, 1.165) is 23.8 Å². The van der Waals surface area contributed by atoms with Crippen molar-refractivity contribution in [2.75, 3.05) is 7.05 Å². The van der Waals surface area contributed by atoms with Gasteiger partial charge in [0, 0.05) is 24.1 Å². The van der Waals surface area contributed by atoms with Gasteiger partial charge >= 0.3 is 0 Å². The van der Waals surface area contributed by atoms with Gasteiger partial charge in [-0.1, -0.05) is 0 Å². The standard InChI is InChI=1S/C14H22N4O/c1-9(2)18-14(16-8-17-18)7-13(15-5)12-6-10(3)19-11(12)4/h6,8-9,13,15H,7H2,1-5H3. The van der Waals surface area contributed by atoms with Gasteiger partial charge in [-0.15, -0.1) is 0 Å². The van der Waals surface area contributed by atoms with E-state index in [1.165, 1.54) is 5.56 Å². The predicted octanol–water partition coefficient (Wildman–Crippen LogP) is 2.57. The molecule has 2 rings (SSSR count). The maximum Gasteiger partial charge on any atom is 0.138 e. The van der Waals surface area contributed by atoms with Crippen molar-refractivity contribution in [1.82, 2.24) is 20.1 Å². The molecule has 0 aromatic carbocycles. The topological polar surface area (TPSA) is 55.9 Å². The minimum atomic E-state index is 0.194. The van der Waals surface area contributed by atoms with Crippen molar-refractivity contribution in [3.8, 4) is 0 Å². The predicted molar refractivity (Wildman–Crippen MR) is 74.1 cm³/mol. The van der Waals surface area contributed by atoms with E-state index < -0.39 is 0 Å². The van der Waals surface area contributed by atoms with Crippen molar-refractivity contribution in [3.05, 3.63) is 35.3 Å². The average molecular weight is 262 g/mol. The first-order valence-electron chi connectivity index (χ1n) is 6.65. The zero-order valence-corrected chi connectivity index (χ0v) is 12.3. The summed E-state index contributed by atoms with van der Waals surface area (Å²) in [7, 11) is 1.96. The highest BCUT2D eigenvalue weighted by atomic mass is 16.3. The van der Waals surface area contributed by atoms with E-state index in [0.29, 0.717) is 6.04 Å². The van der Waals surface area contributed by atoms with Gasteiger partial charge in [0.2, 0.25) is 0 Å². The molecule has 1 atom stereocenters. The second kappa shape index (κ2) is 5.57. The maximum absolute atomic E-state index is 5.61. The fraction of sp³-hybridized carbons (Fsp3) is 0.571. The van der Waals surface area contributed by atoms with Crippen LogP contribution in [-0.4, -0.2) is 21.8 Å². The third-order valence-electron chi connectivity index (χ3n) is 3.33. The first kappa shape index (κ1) is 13.8. The fourth-order valence-corrected chi connectivity index (χ4v) is 2.40. The first-order valence-corrected chi connectivity index (χ1v) is 6.65. The van der Waals surface area contributed by atoms with Gasteiger partial charge in [-0.2, -0.15) is 5.10 Å².